The van der Waals surface area contributed by atoms with Gasteiger partial charge in [0.15, 0.2) is 6.61 Å². The number of aliphatic hydroxyl groups is 1. The van der Waals surface area contributed by atoms with Gasteiger partial charge in [-0.05, 0) is 38.5 Å². The average Bonchev–Trinajstić information content (AvgIpc) is 2.75. The Bertz CT molecular complexity index is 979. The normalized spacial score (nSPS) is 14.1. The number of carbonyl (C=O) groups excluding carboxylic acids is 2. The van der Waals surface area contributed by atoms with Crippen molar-refractivity contribution in [1.29, 1.82) is 0 Å². The number of ether oxygens (including phenoxy) is 1. The number of hydrogen-bond donors (Lipinski definition) is 5. The largest absolute Gasteiger partial charge is 0.508 e. The topological polar surface area (TPSA) is 123 Å². The standard InChI is InChI=1S/C23H30N4O5/c1-23(2,8-9-27(3)19-7-5-4-6-17(19)24-14-28)25-12-20(30)16-10-15(29)11-18-22(16)32-13-21(31)26-18/h4-7,10-11,14,20,25,29-30H,8-9,12-13H2,1-3H3,(H,24,28)(H,26,31). The van der Waals surface area contributed by atoms with Gasteiger partial charge in [-0.25, -0.2) is 0 Å². The molecule has 0 saturated carbocycles. The number of carbonyl (C=O) groups is 2. The van der Waals surface area contributed by atoms with E-state index in [1.165, 1.54) is 12.1 Å². The highest BCUT2D eigenvalue weighted by atomic mass is 16.5. The second kappa shape index (κ2) is 9.88. The van der Waals surface area contributed by atoms with Crippen molar-refractivity contribution in [3.63, 3.8) is 0 Å². The SMILES string of the molecule is CN(CCC(C)(C)NCC(O)c1cc(O)cc2c1OCC(=O)N2)c1ccccc1NC=O. The Morgan fingerprint density at radius 2 is 2.06 bits per heavy atom. The smallest absolute Gasteiger partial charge is 0.262 e. The van der Waals surface area contributed by atoms with Crippen molar-refractivity contribution in [2.45, 2.75) is 31.9 Å². The van der Waals surface area contributed by atoms with Crippen LogP contribution in [-0.4, -0.2) is 54.8 Å². The van der Waals surface area contributed by atoms with E-state index in [-0.39, 0.29) is 30.3 Å². The van der Waals surface area contributed by atoms with Crippen molar-refractivity contribution < 1.29 is 24.5 Å². The molecular weight excluding hydrogens is 412 g/mol. The number of aromatic hydroxyl groups is 1. The van der Waals surface area contributed by atoms with E-state index < -0.39 is 6.10 Å². The lowest BCUT2D eigenvalue weighted by atomic mass is 9.98. The zero-order valence-electron chi connectivity index (χ0n) is 18.5. The molecule has 9 nitrogen and oxygen atoms in total. The number of fused-ring (bicyclic) bond motifs is 1. The fourth-order valence-corrected chi connectivity index (χ4v) is 3.59. The first kappa shape index (κ1) is 23.4. The van der Waals surface area contributed by atoms with Gasteiger partial charge in [0.2, 0.25) is 6.41 Å². The minimum atomic E-state index is -0.944. The molecule has 0 aliphatic carbocycles. The predicted molar refractivity (Wildman–Crippen MR) is 123 cm³/mol. The number of para-hydroxylation sites is 2. The van der Waals surface area contributed by atoms with E-state index in [2.05, 4.69) is 20.9 Å². The summed E-state index contributed by atoms with van der Waals surface area (Å²) in [6.45, 7) is 4.89. The molecule has 0 aromatic heterocycles. The van der Waals surface area contributed by atoms with Gasteiger partial charge in [0, 0.05) is 37.3 Å². The summed E-state index contributed by atoms with van der Waals surface area (Å²) in [6.07, 6.45) is 0.478. The van der Waals surface area contributed by atoms with Gasteiger partial charge >= 0.3 is 0 Å². The summed E-state index contributed by atoms with van der Waals surface area (Å²) in [5.74, 6) is -0.00237. The van der Waals surface area contributed by atoms with E-state index in [0.717, 1.165) is 17.8 Å². The molecule has 2 aromatic carbocycles. The van der Waals surface area contributed by atoms with Crippen molar-refractivity contribution in [1.82, 2.24) is 5.32 Å². The first-order valence-corrected chi connectivity index (χ1v) is 10.4. The lowest BCUT2D eigenvalue weighted by Crippen LogP contribution is -2.44. The van der Waals surface area contributed by atoms with Crippen LogP contribution >= 0.6 is 0 Å². The molecule has 0 fully saturated rings. The molecule has 2 aromatic rings. The van der Waals surface area contributed by atoms with Crippen LogP contribution < -0.4 is 25.6 Å². The molecule has 3 rings (SSSR count). The Morgan fingerprint density at radius 3 is 2.81 bits per heavy atom. The maximum absolute atomic E-state index is 11.5. The summed E-state index contributed by atoms with van der Waals surface area (Å²) in [5, 5.41) is 29.5. The molecule has 0 saturated heterocycles. The fraction of sp³-hybridized carbons (Fsp3) is 0.391. The first-order chi connectivity index (χ1) is 15.2. The molecule has 1 aliphatic heterocycles. The van der Waals surface area contributed by atoms with Crippen LogP contribution in [0.25, 0.3) is 0 Å². The highest BCUT2D eigenvalue weighted by Gasteiger charge is 2.26. The number of β-amino-alcohol motifs (C(OH)–C–C–N with tert-alkyl or cyclic N) is 1. The third-order valence-corrected chi connectivity index (χ3v) is 5.46. The number of phenolic OH excluding ortho intramolecular Hbond substituents is 1. The predicted octanol–water partition coefficient (Wildman–Crippen LogP) is 2.22. The Labute approximate surface area is 187 Å². The molecule has 0 radical (unpaired) electrons. The third-order valence-electron chi connectivity index (χ3n) is 5.46. The number of amides is 2. The third kappa shape index (κ3) is 5.68. The molecule has 172 valence electrons. The number of nitrogens with one attached hydrogen (secondary N) is 3. The lowest BCUT2D eigenvalue weighted by Gasteiger charge is -2.32. The van der Waals surface area contributed by atoms with Gasteiger partial charge in [-0.1, -0.05) is 12.1 Å². The summed E-state index contributed by atoms with van der Waals surface area (Å²) in [7, 11) is 1.96. The van der Waals surface area contributed by atoms with Crippen LogP contribution in [0.1, 0.15) is 31.9 Å². The summed E-state index contributed by atoms with van der Waals surface area (Å²) >= 11 is 0. The van der Waals surface area contributed by atoms with Crippen LogP contribution in [0.15, 0.2) is 36.4 Å². The van der Waals surface area contributed by atoms with E-state index >= 15 is 0 Å². The van der Waals surface area contributed by atoms with E-state index in [9.17, 15) is 19.8 Å². The van der Waals surface area contributed by atoms with Gasteiger partial charge in [0.25, 0.3) is 5.91 Å². The summed E-state index contributed by atoms with van der Waals surface area (Å²) in [4.78, 5) is 24.5. The van der Waals surface area contributed by atoms with Gasteiger partial charge in [-0.15, -0.1) is 0 Å². The molecular formula is C23H30N4O5. The van der Waals surface area contributed by atoms with Gasteiger partial charge < -0.3 is 35.8 Å². The first-order valence-electron chi connectivity index (χ1n) is 10.4. The maximum atomic E-state index is 11.5. The van der Waals surface area contributed by atoms with E-state index in [4.69, 9.17) is 4.74 Å². The minimum absolute atomic E-state index is 0.0629. The molecule has 1 atom stereocenters. The van der Waals surface area contributed by atoms with Crippen LogP contribution in [0.2, 0.25) is 0 Å². The van der Waals surface area contributed by atoms with Crippen molar-refractivity contribution in [2.75, 3.05) is 42.3 Å². The number of phenols is 1. The highest BCUT2D eigenvalue weighted by molar-refractivity contribution is 5.96. The summed E-state index contributed by atoms with van der Waals surface area (Å²) in [6, 6.07) is 10.4. The van der Waals surface area contributed by atoms with Crippen molar-refractivity contribution in [3.05, 3.63) is 42.0 Å². The number of benzene rings is 2. The minimum Gasteiger partial charge on any atom is -0.508 e. The number of hydrogen-bond acceptors (Lipinski definition) is 7. The number of rotatable bonds is 10. The van der Waals surface area contributed by atoms with Crippen LogP contribution in [0.3, 0.4) is 0 Å². The van der Waals surface area contributed by atoms with Gasteiger partial charge in [0.1, 0.15) is 11.5 Å². The number of aliphatic hydroxyl groups excluding tert-OH is 1. The molecule has 0 spiro atoms. The lowest BCUT2D eigenvalue weighted by molar-refractivity contribution is -0.118. The maximum Gasteiger partial charge on any atom is 0.262 e. The van der Waals surface area contributed by atoms with Crippen molar-refractivity contribution in [3.8, 4) is 11.5 Å². The van der Waals surface area contributed by atoms with Crippen LogP contribution in [0, 0.1) is 0 Å². The van der Waals surface area contributed by atoms with E-state index in [0.29, 0.717) is 30.0 Å². The van der Waals surface area contributed by atoms with Crippen LogP contribution in [0.4, 0.5) is 17.1 Å². The second-order valence-corrected chi connectivity index (χ2v) is 8.48. The second-order valence-electron chi connectivity index (χ2n) is 8.48. The zero-order valence-corrected chi connectivity index (χ0v) is 18.5. The Kier molecular flexibility index (Phi) is 7.22. The van der Waals surface area contributed by atoms with Gasteiger partial charge in [-0.3, -0.25) is 9.59 Å². The van der Waals surface area contributed by atoms with Gasteiger partial charge in [0.05, 0.1) is 23.2 Å². The Balaban J connectivity index is 1.61. The van der Waals surface area contributed by atoms with Crippen molar-refractivity contribution in [2.24, 2.45) is 0 Å². The molecule has 9 heteroatoms. The summed E-state index contributed by atoms with van der Waals surface area (Å²) in [5.41, 5.74) is 2.11. The monoisotopic (exact) mass is 442 g/mol. The van der Waals surface area contributed by atoms with Crippen LogP contribution in [0.5, 0.6) is 11.5 Å². The van der Waals surface area contributed by atoms with Crippen LogP contribution in [-0.2, 0) is 9.59 Å². The molecule has 0 bridgehead atoms. The molecule has 5 N–H and O–H groups in total. The molecule has 1 unspecified atom stereocenters. The number of nitrogens with zero attached hydrogens (tertiary/aromatic N) is 1. The van der Waals surface area contributed by atoms with E-state index in [1.54, 1.807) is 0 Å². The molecule has 1 aliphatic rings. The average molecular weight is 443 g/mol. The molecule has 2 amide bonds. The Morgan fingerprint density at radius 1 is 1.31 bits per heavy atom. The van der Waals surface area contributed by atoms with Crippen molar-refractivity contribution >= 4 is 29.4 Å². The number of anilines is 3. The summed E-state index contributed by atoms with van der Waals surface area (Å²) < 4.78 is 5.49. The van der Waals surface area contributed by atoms with Gasteiger partial charge in [-0.2, -0.15) is 0 Å². The fourth-order valence-electron chi connectivity index (χ4n) is 3.59. The molecule has 1 heterocycles. The zero-order chi connectivity index (χ0) is 23.3. The van der Waals surface area contributed by atoms with E-state index in [1.807, 2.05) is 45.2 Å². The molecule has 32 heavy (non-hydrogen) atoms. The highest BCUT2D eigenvalue weighted by Crippen LogP contribution is 2.38. The quantitative estimate of drug-likeness (QED) is 0.358. The Hall–Kier alpha value is -3.30.